The molecule has 34 heavy (non-hydrogen) atoms. The molecule has 1 amide bonds. The summed E-state index contributed by atoms with van der Waals surface area (Å²) in [6.45, 7) is 4.14. The van der Waals surface area contributed by atoms with Gasteiger partial charge in [-0.2, -0.15) is 0 Å². The monoisotopic (exact) mass is 513 g/mol. The lowest BCUT2D eigenvalue weighted by molar-refractivity contribution is -0.113. The van der Waals surface area contributed by atoms with E-state index in [1.165, 1.54) is 16.6 Å². The molecule has 0 saturated carbocycles. The highest BCUT2D eigenvalue weighted by atomic mass is 35.5. The van der Waals surface area contributed by atoms with Crippen LogP contribution in [0.3, 0.4) is 0 Å². The Morgan fingerprint density at radius 3 is 2.88 bits per heavy atom. The number of thiophene rings is 1. The average molecular weight is 514 g/mol. The lowest BCUT2D eigenvalue weighted by Gasteiger charge is -2.14. The summed E-state index contributed by atoms with van der Waals surface area (Å²) in [4.78, 5) is 33.3. The summed E-state index contributed by atoms with van der Waals surface area (Å²) in [7, 11) is 0. The molecule has 0 saturated heterocycles. The summed E-state index contributed by atoms with van der Waals surface area (Å²) in [6, 6.07) is 7.44. The summed E-state index contributed by atoms with van der Waals surface area (Å²) >= 11 is 9.20. The van der Waals surface area contributed by atoms with E-state index in [4.69, 9.17) is 21.0 Å². The van der Waals surface area contributed by atoms with Gasteiger partial charge in [-0.3, -0.25) is 14.2 Å². The number of carbonyl (C=O) groups excluding carboxylic acids is 1. The lowest BCUT2D eigenvalue weighted by Crippen LogP contribution is -2.25. The minimum absolute atomic E-state index is 0.0684. The molecule has 4 aromatic rings. The number of aromatic nitrogens is 2. The second-order valence-corrected chi connectivity index (χ2v) is 11.0. The lowest BCUT2D eigenvalue weighted by atomic mass is 9.97. The summed E-state index contributed by atoms with van der Waals surface area (Å²) in [5.41, 5.74) is 3.63. The topological polar surface area (TPSA) is 77.1 Å². The van der Waals surface area contributed by atoms with Crippen molar-refractivity contribution in [2.75, 3.05) is 11.1 Å². The standard InChI is InChI=1S/C25H24ClN3O3S2/c1-14-10-15(2)22(18(26)11-14)27-20(30)13-33-25-28-23-21(17-7-3-4-8-19(17)34-23)24(31)29(25)12-16-6-5-9-32-16/h5-6,9-11H,3-4,7-8,12-13H2,1-2H3,(H,27,30). The Morgan fingerprint density at radius 1 is 1.29 bits per heavy atom. The van der Waals surface area contributed by atoms with Gasteiger partial charge in [0, 0.05) is 4.88 Å². The maximum atomic E-state index is 13.6. The Bertz CT molecular complexity index is 1420. The molecule has 0 radical (unpaired) electrons. The number of hydrogen-bond donors (Lipinski definition) is 1. The first-order valence-electron chi connectivity index (χ1n) is 11.2. The maximum Gasteiger partial charge on any atom is 0.263 e. The van der Waals surface area contributed by atoms with Crippen molar-refractivity contribution in [3.8, 4) is 0 Å². The molecular formula is C25H24ClN3O3S2. The van der Waals surface area contributed by atoms with E-state index in [1.54, 1.807) is 28.2 Å². The molecule has 1 aliphatic rings. The Morgan fingerprint density at radius 2 is 2.12 bits per heavy atom. The summed E-state index contributed by atoms with van der Waals surface area (Å²) in [5, 5.41) is 4.65. The number of furan rings is 1. The van der Waals surface area contributed by atoms with E-state index in [0.29, 0.717) is 21.6 Å². The van der Waals surface area contributed by atoms with Crippen molar-refractivity contribution >= 4 is 56.5 Å². The number of rotatable bonds is 6. The molecule has 1 N–H and O–H groups in total. The number of aryl methyl sites for hydroxylation is 4. The summed E-state index contributed by atoms with van der Waals surface area (Å²) < 4.78 is 7.14. The number of fused-ring (bicyclic) bond motifs is 3. The minimum Gasteiger partial charge on any atom is -0.467 e. The van der Waals surface area contributed by atoms with E-state index < -0.39 is 0 Å². The first kappa shape index (κ1) is 23.2. The number of benzene rings is 1. The molecule has 5 rings (SSSR count). The second-order valence-electron chi connectivity index (χ2n) is 8.53. The molecule has 1 aliphatic carbocycles. The van der Waals surface area contributed by atoms with E-state index in [-0.39, 0.29) is 23.8 Å². The second kappa shape index (κ2) is 9.60. The van der Waals surface area contributed by atoms with Crippen molar-refractivity contribution in [2.24, 2.45) is 0 Å². The van der Waals surface area contributed by atoms with Crippen LogP contribution in [0.5, 0.6) is 0 Å². The van der Waals surface area contributed by atoms with Crippen LogP contribution in [-0.2, 0) is 24.2 Å². The first-order chi connectivity index (χ1) is 16.4. The van der Waals surface area contributed by atoms with Gasteiger partial charge in [0.25, 0.3) is 5.56 Å². The van der Waals surface area contributed by atoms with Crippen molar-refractivity contribution in [3.63, 3.8) is 0 Å². The van der Waals surface area contributed by atoms with Crippen molar-refractivity contribution in [1.82, 2.24) is 9.55 Å². The minimum atomic E-state index is -0.205. The Kier molecular flexibility index (Phi) is 6.55. The predicted molar refractivity (Wildman–Crippen MR) is 139 cm³/mol. The van der Waals surface area contributed by atoms with Gasteiger partial charge in [0.2, 0.25) is 5.91 Å². The highest BCUT2D eigenvalue weighted by molar-refractivity contribution is 7.99. The van der Waals surface area contributed by atoms with Crippen LogP contribution in [-0.4, -0.2) is 21.2 Å². The van der Waals surface area contributed by atoms with Gasteiger partial charge >= 0.3 is 0 Å². The van der Waals surface area contributed by atoms with Crippen LogP contribution in [0, 0.1) is 13.8 Å². The fraction of sp³-hybridized carbons (Fsp3) is 0.320. The number of amides is 1. The Hall–Kier alpha value is -2.55. The zero-order chi connectivity index (χ0) is 23.8. The molecule has 0 spiro atoms. The van der Waals surface area contributed by atoms with Crippen molar-refractivity contribution in [2.45, 2.75) is 51.2 Å². The van der Waals surface area contributed by atoms with E-state index >= 15 is 0 Å². The summed E-state index contributed by atoms with van der Waals surface area (Å²) in [5.74, 6) is 0.564. The highest BCUT2D eigenvalue weighted by Gasteiger charge is 2.23. The van der Waals surface area contributed by atoms with Gasteiger partial charge in [-0.15, -0.1) is 11.3 Å². The van der Waals surface area contributed by atoms with Crippen LogP contribution < -0.4 is 10.9 Å². The number of nitrogens with one attached hydrogen (secondary N) is 1. The average Bonchev–Trinajstić information content (AvgIpc) is 3.44. The van der Waals surface area contributed by atoms with E-state index in [9.17, 15) is 9.59 Å². The largest absolute Gasteiger partial charge is 0.467 e. The van der Waals surface area contributed by atoms with Crippen LogP contribution in [0.4, 0.5) is 5.69 Å². The third kappa shape index (κ3) is 4.54. The summed E-state index contributed by atoms with van der Waals surface area (Å²) in [6.07, 6.45) is 5.73. The number of carbonyl (C=O) groups is 1. The number of nitrogens with zero attached hydrogens (tertiary/aromatic N) is 2. The first-order valence-corrected chi connectivity index (χ1v) is 13.4. The zero-order valence-electron chi connectivity index (χ0n) is 18.9. The van der Waals surface area contributed by atoms with Crippen molar-refractivity contribution < 1.29 is 9.21 Å². The molecule has 1 aromatic carbocycles. The van der Waals surface area contributed by atoms with E-state index in [2.05, 4.69) is 5.32 Å². The Labute approximate surface area is 210 Å². The van der Waals surface area contributed by atoms with Gasteiger partial charge in [-0.1, -0.05) is 29.4 Å². The van der Waals surface area contributed by atoms with Gasteiger partial charge in [0.05, 0.1) is 34.7 Å². The normalized spacial score (nSPS) is 13.3. The van der Waals surface area contributed by atoms with E-state index in [1.807, 2.05) is 32.0 Å². The third-order valence-electron chi connectivity index (χ3n) is 5.96. The SMILES string of the molecule is Cc1cc(C)c(NC(=O)CSc2nc3sc4c(c3c(=O)n2Cc2ccco2)CCCC4)c(Cl)c1. The fourth-order valence-corrected chi connectivity index (χ4v) is 6.88. The molecule has 0 unspecified atom stereocenters. The quantitative estimate of drug-likeness (QED) is 0.253. The zero-order valence-corrected chi connectivity index (χ0v) is 21.3. The molecule has 0 bridgehead atoms. The number of anilines is 1. The molecule has 3 aromatic heterocycles. The molecule has 9 heteroatoms. The van der Waals surface area contributed by atoms with Crippen molar-refractivity contribution in [1.29, 1.82) is 0 Å². The smallest absolute Gasteiger partial charge is 0.263 e. The fourth-order valence-electron chi connectivity index (χ4n) is 4.41. The predicted octanol–water partition coefficient (Wildman–Crippen LogP) is 5.98. The van der Waals surface area contributed by atoms with Gasteiger partial charge in [-0.05, 0) is 74.4 Å². The molecule has 0 fully saturated rings. The molecule has 6 nitrogen and oxygen atoms in total. The van der Waals surface area contributed by atoms with Gasteiger partial charge < -0.3 is 9.73 Å². The van der Waals surface area contributed by atoms with Gasteiger partial charge in [0.1, 0.15) is 10.6 Å². The van der Waals surface area contributed by atoms with Crippen LogP contribution in [0.15, 0.2) is 44.9 Å². The number of hydrogen-bond acceptors (Lipinski definition) is 6. The molecular weight excluding hydrogens is 490 g/mol. The number of thioether (sulfide) groups is 1. The Balaban J connectivity index is 1.46. The van der Waals surface area contributed by atoms with Crippen LogP contribution in [0.2, 0.25) is 5.02 Å². The van der Waals surface area contributed by atoms with Crippen molar-refractivity contribution in [3.05, 3.63) is 73.2 Å². The molecule has 176 valence electrons. The maximum absolute atomic E-state index is 13.6. The van der Waals surface area contributed by atoms with E-state index in [0.717, 1.165) is 52.6 Å². The molecule has 3 heterocycles. The highest BCUT2D eigenvalue weighted by Crippen LogP contribution is 2.35. The molecule has 0 atom stereocenters. The van der Waals surface area contributed by atoms with Gasteiger partial charge in [-0.25, -0.2) is 4.98 Å². The van der Waals surface area contributed by atoms with Crippen LogP contribution >= 0.6 is 34.7 Å². The number of halogens is 1. The van der Waals surface area contributed by atoms with Crippen LogP contribution in [0.25, 0.3) is 10.2 Å². The van der Waals surface area contributed by atoms with Gasteiger partial charge in [0.15, 0.2) is 5.16 Å². The van der Waals surface area contributed by atoms with Crippen LogP contribution in [0.1, 0.15) is 40.2 Å². The third-order valence-corrected chi connectivity index (χ3v) is 8.42. The molecule has 0 aliphatic heterocycles.